The summed E-state index contributed by atoms with van der Waals surface area (Å²) < 4.78 is 73.7. The first kappa shape index (κ1) is 22.7. The zero-order valence-electron chi connectivity index (χ0n) is 17.1. The molecule has 176 valence electrons. The van der Waals surface area contributed by atoms with Crippen LogP contribution < -0.4 is 15.5 Å². The van der Waals surface area contributed by atoms with E-state index in [2.05, 4.69) is 15.3 Å². The number of rotatable bonds is 4. The molecular weight excluding hydrogens is 453 g/mol. The summed E-state index contributed by atoms with van der Waals surface area (Å²) in [6.45, 7) is 2.10. The van der Waals surface area contributed by atoms with Gasteiger partial charge in [0.15, 0.2) is 17.4 Å². The molecule has 0 spiro atoms. The number of furan rings is 1. The van der Waals surface area contributed by atoms with Crippen molar-refractivity contribution in [3.63, 3.8) is 0 Å². The third-order valence-corrected chi connectivity index (χ3v) is 5.20. The molecule has 0 bridgehead atoms. The molecule has 0 radical (unpaired) electrons. The Labute approximate surface area is 183 Å². The number of amides is 2. The van der Waals surface area contributed by atoms with Gasteiger partial charge in [-0.2, -0.15) is 13.2 Å². The summed E-state index contributed by atoms with van der Waals surface area (Å²) in [7, 11) is 0. The predicted molar refractivity (Wildman–Crippen MR) is 107 cm³/mol. The number of hydrogen-bond acceptors (Lipinski definition) is 6. The molecule has 1 aromatic carbocycles. The van der Waals surface area contributed by atoms with Crippen molar-refractivity contribution in [1.82, 2.24) is 15.3 Å². The Morgan fingerprint density at radius 1 is 1.27 bits per heavy atom. The number of carbonyl (C=O) groups excluding carboxylic acids is 1. The Morgan fingerprint density at radius 2 is 1.97 bits per heavy atom. The molecule has 3 heterocycles. The van der Waals surface area contributed by atoms with Crippen LogP contribution in [0.4, 0.5) is 38.4 Å². The van der Waals surface area contributed by atoms with Crippen molar-refractivity contribution in [3.8, 4) is 0 Å². The Balaban J connectivity index is 1.53. The Morgan fingerprint density at radius 3 is 2.58 bits per heavy atom. The largest absolute Gasteiger partial charge is 0.455 e. The van der Waals surface area contributed by atoms with Crippen molar-refractivity contribution in [1.29, 1.82) is 0 Å². The van der Waals surface area contributed by atoms with Crippen molar-refractivity contribution in [3.05, 3.63) is 47.5 Å². The van der Waals surface area contributed by atoms with E-state index in [1.165, 1.54) is 19.3 Å². The standard InChI is InChI=1S/C20H18F5N5O3/c1-9-13-4-10(21)5-14(22)16(13)33-15(9)17(20(23,24)25)29-19(32)28-11-6-26-18(27-7-11)30-3-2-12(31)8-30/h4-7,12,17,31H,2-3,8H2,1H3,(H2,28,29,32)/t12-,17-/m1/s1. The van der Waals surface area contributed by atoms with Crippen LogP contribution >= 0.6 is 0 Å². The number of hydrogen-bond donors (Lipinski definition) is 3. The number of anilines is 2. The van der Waals surface area contributed by atoms with Gasteiger partial charge >= 0.3 is 12.2 Å². The van der Waals surface area contributed by atoms with E-state index in [1.54, 1.807) is 10.2 Å². The van der Waals surface area contributed by atoms with E-state index in [0.717, 1.165) is 6.07 Å². The average molecular weight is 471 g/mol. The number of urea groups is 1. The molecule has 1 fully saturated rings. The summed E-state index contributed by atoms with van der Waals surface area (Å²) in [6, 6.07) is -2.52. The summed E-state index contributed by atoms with van der Waals surface area (Å²) in [5.74, 6) is -2.60. The number of fused-ring (bicyclic) bond motifs is 1. The molecule has 8 nitrogen and oxygen atoms in total. The first-order chi connectivity index (χ1) is 15.5. The number of aryl methyl sites for hydroxylation is 1. The molecule has 4 rings (SSSR count). The van der Waals surface area contributed by atoms with E-state index in [0.29, 0.717) is 31.5 Å². The molecule has 1 aliphatic rings. The highest BCUT2D eigenvalue weighted by Gasteiger charge is 2.45. The SMILES string of the molecule is Cc1c([C@@H](NC(=O)Nc2cnc(N3CC[C@@H](O)C3)nc2)C(F)(F)F)oc2c(F)cc(F)cc12. The molecule has 33 heavy (non-hydrogen) atoms. The molecule has 2 aromatic heterocycles. The molecule has 1 aliphatic heterocycles. The lowest BCUT2D eigenvalue weighted by Crippen LogP contribution is -2.40. The zero-order chi connectivity index (χ0) is 23.9. The topological polar surface area (TPSA) is 104 Å². The molecule has 13 heteroatoms. The number of nitrogens with zero attached hydrogens (tertiary/aromatic N) is 3. The lowest BCUT2D eigenvalue weighted by Gasteiger charge is -2.21. The van der Waals surface area contributed by atoms with Crippen LogP contribution in [0.25, 0.3) is 11.0 Å². The minimum atomic E-state index is -5.00. The summed E-state index contributed by atoms with van der Waals surface area (Å²) in [5, 5.41) is 13.3. The molecule has 2 amide bonds. The maximum atomic E-state index is 14.0. The van der Waals surface area contributed by atoms with Crippen LogP contribution in [0.2, 0.25) is 0 Å². The summed E-state index contributed by atoms with van der Waals surface area (Å²) >= 11 is 0. The highest BCUT2D eigenvalue weighted by molar-refractivity contribution is 5.89. The third-order valence-electron chi connectivity index (χ3n) is 5.20. The van der Waals surface area contributed by atoms with E-state index < -0.39 is 47.3 Å². The van der Waals surface area contributed by atoms with Gasteiger partial charge < -0.3 is 25.1 Å². The number of alkyl halides is 3. The second-order valence-electron chi connectivity index (χ2n) is 7.59. The zero-order valence-corrected chi connectivity index (χ0v) is 17.1. The number of aromatic nitrogens is 2. The van der Waals surface area contributed by atoms with Crippen LogP contribution in [0.5, 0.6) is 0 Å². The van der Waals surface area contributed by atoms with Gasteiger partial charge in [0.2, 0.25) is 5.95 Å². The van der Waals surface area contributed by atoms with Gasteiger partial charge in [-0.05, 0) is 19.4 Å². The van der Waals surface area contributed by atoms with Crippen LogP contribution in [0.1, 0.15) is 23.8 Å². The van der Waals surface area contributed by atoms with E-state index in [1.807, 2.05) is 0 Å². The smallest absolute Gasteiger partial charge is 0.416 e. The number of aliphatic hydroxyl groups excluding tert-OH is 1. The fourth-order valence-corrected chi connectivity index (χ4v) is 3.60. The molecule has 1 saturated heterocycles. The van der Waals surface area contributed by atoms with Gasteiger partial charge in [-0.15, -0.1) is 0 Å². The van der Waals surface area contributed by atoms with Crippen molar-refractivity contribution in [2.45, 2.75) is 31.7 Å². The normalized spacial score (nSPS) is 17.4. The highest BCUT2D eigenvalue weighted by Crippen LogP contribution is 2.39. The molecular formula is C20H18F5N5O3. The molecule has 0 saturated carbocycles. The molecule has 0 unspecified atom stereocenters. The van der Waals surface area contributed by atoms with Crippen LogP contribution in [0.15, 0.2) is 28.9 Å². The van der Waals surface area contributed by atoms with Gasteiger partial charge in [-0.1, -0.05) is 0 Å². The first-order valence-corrected chi connectivity index (χ1v) is 9.80. The van der Waals surface area contributed by atoms with Gasteiger partial charge in [0, 0.05) is 30.1 Å². The fraction of sp³-hybridized carbons (Fsp3) is 0.350. The van der Waals surface area contributed by atoms with Gasteiger partial charge in [0.1, 0.15) is 11.6 Å². The van der Waals surface area contributed by atoms with Gasteiger partial charge in [-0.25, -0.2) is 23.5 Å². The second-order valence-corrected chi connectivity index (χ2v) is 7.59. The van der Waals surface area contributed by atoms with Gasteiger partial charge in [0.05, 0.1) is 24.2 Å². The maximum absolute atomic E-state index is 14.0. The van der Waals surface area contributed by atoms with Crippen molar-refractivity contribution < 1.29 is 36.3 Å². The molecule has 0 aliphatic carbocycles. The number of halogens is 5. The summed E-state index contributed by atoms with van der Waals surface area (Å²) in [6.07, 6.45) is -2.52. The first-order valence-electron chi connectivity index (χ1n) is 9.80. The minimum Gasteiger partial charge on any atom is -0.455 e. The van der Waals surface area contributed by atoms with Crippen molar-refractivity contribution in [2.24, 2.45) is 0 Å². The Bertz CT molecular complexity index is 1180. The number of nitrogens with one attached hydrogen (secondary N) is 2. The van der Waals surface area contributed by atoms with Crippen LogP contribution in [0, 0.1) is 18.6 Å². The van der Waals surface area contributed by atoms with Crippen LogP contribution in [-0.2, 0) is 0 Å². The van der Waals surface area contributed by atoms with E-state index in [4.69, 9.17) is 4.42 Å². The number of β-amino-alcohol motifs (C(OH)–C–C–N with tert-alkyl or cyclic N) is 1. The molecule has 3 aromatic rings. The summed E-state index contributed by atoms with van der Waals surface area (Å²) in [4.78, 5) is 22.1. The Kier molecular flexibility index (Phi) is 5.82. The maximum Gasteiger partial charge on any atom is 0.416 e. The van der Waals surface area contributed by atoms with E-state index >= 15 is 0 Å². The highest BCUT2D eigenvalue weighted by atomic mass is 19.4. The van der Waals surface area contributed by atoms with E-state index in [9.17, 15) is 31.9 Å². The van der Waals surface area contributed by atoms with Crippen molar-refractivity contribution >= 4 is 28.6 Å². The third kappa shape index (κ3) is 4.67. The minimum absolute atomic E-state index is 0.0198. The number of aliphatic hydroxyl groups is 1. The molecule has 2 atom stereocenters. The Hall–Kier alpha value is -3.48. The fourth-order valence-electron chi connectivity index (χ4n) is 3.60. The summed E-state index contributed by atoms with van der Waals surface area (Å²) in [5.41, 5.74) is -0.686. The predicted octanol–water partition coefficient (Wildman–Crippen LogP) is 3.81. The van der Waals surface area contributed by atoms with Crippen molar-refractivity contribution in [2.75, 3.05) is 23.3 Å². The van der Waals surface area contributed by atoms with Crippen LogP contribution in [0.3, 0.4) is 0 Å². The monoisotopic (exact) mass is 471 g/mol. The second kappa shape index (κ2) is 8.46. The number of carbonyl (C=O) groups is 1. The molecule has 3 N–H and O–H groups in total. The lowest BCUT2D eigenvalue weighted by atomic mass is 10.1. The van der Waals surface area contributed by atoms with E-state index in [-0.39, 0.29) is 16.6 Å². The van der Waals surface area contributed by atoms with Crippen LogP contribution in [-0.4, -0.2) is 46.5 Å². The van der Waals surface area contributed by atoms with Gasteiger partial charge in [0.25, 0.3) is 0 Å². The lowest BCUT2D eigenvalue weighted by molar-refractivity contribution is -0.158. The average Bonchev–Trinajstić information content (AvgIpc) is 3.30. The van der Waals surface area contributed by atoms with Gasteiger partial charge in [-0.3, -0.25) is 0 Å². The number of benzene rings is 1. The quantitative estimate of drug-likeness (QED) is 0.500.